The second-order valence-electron chi connectivity index (χ2n) is 4.71. The summed E-state index contributed by atoms with van der Waals surface area (Å²) in [7, 11) is 2.06. The van der Waals surface area contributed by atoms with Crippen LogP contribution in [0, 0.1) is 0 Å². The fourth-order valence-electron chi connectivity index (χ4n) is 1.98. The lowest BCUT2D eigenvalue weighted by Crippen LogP contribution is -2.22. The lowest BCUT2D eigenvalue weighted by molar-refractivity contribution is 0.705. The summed E-state index contributed by atoms with van der Waals surface area (Å²) in [4.78, 5) is 6.83. The third kappa shape index (κ3) is 3.51. The highest BCUT2D eigenvalue weighted by Crippen LogP contribution is 2.31. The van der Waals surface area contributed by atoms with Crippen LogP contribution in [0.2, 0.25) is 5.02 Å². The Hall–Kier alpha value is -1.10. The van der Waals surface area contributed by atoms with Crippen molar-refractivity contribution in [1.29, 1.82) is 0 Å². The molecule has 1 N–H and O–H groups in total. The van der Waals surface area contributed by atoms with Gasteiger partial charge in [0.15, 0.2) is 5.13 Å². The van der Waals surface area contributed by atoms with Gasteiger partial charge in [-0.15, -0.1) is 11.3 Å². The van der Waals surface area contributed by atoms with E-state index in [1.54, 1.807) is 11.3 Å². The Morgan fingerprint density at radius 2 is 2.15 bits per heavy atom. The molecular weight excluding hydrogens is 290 g/mol. The maximum absolute atomic E-state index is 6.27. The van der Waals surface area contributed by atoms with Gasteiger partial charge in [0.2, 0.25) is 0 Å². The average molecular weight is 310 g/mol. The summed E-state index contributed by atoms with van der Waals surface area (Å²) in [6.07, 6.45) is 0. The molecule has 0 aliphatic rings. The zero-order chi connectivity index (χ0) is 14.5. The molecule has 0 aliphatic carbocycles. The van der Waals surface area contributed by atoms with E-state index in [1.165, 1.54) is 0 Å². The summed E-state index contributed by atoms with van der Waals surface area (Å²) in [5.74, 6) is 0. The molecule has 1 aromatic carbocycles. The van der Waals surface area contributed by atoms with Crippen LogP contribution >= 0.6 is 22.9 Å². The first-order valence-corrected chi connectivity index (χ1v) is 8.01. The molecule has 1 atom stereocenters. The monoisotopic (exact) mass is 309 g/mol. The first-order valence-electron chi connectivity index (χ1n) is 6.75. The molecule has 1 aromatic heterocycles. The molecule has 0 saturated heterocycles. The van der Waals surface area contributed by atoms with Crippen molar-refractivity contribution in [3.63, 3.8) is 0 Å². The van der Waals surface area contributed by atoms with Crippen molar-refractivity contribution in [2.24, 2.45) is 0 Å². The molecule has 2 aromatic rings. The van der Waals surface area contributed by atoms with Crippen molar-refractivity contribution in [2.75, 3.05) is 18.5 Å². The molecule has 2 rings (SSSR count). The second-order valence-corrected chi connectivity index (χ2v) is 5.95. The number of anilines is 1. The van der Waals surface area contributed by atoms with E-state index in [4.69, 9.17) is 11.6 Å². The summed E-state index contributed by atoms with van der Waals surface area (Å²) in [6, 6.07) is 8.17. The standard InChI is InChI=1S/C15H20ClN3S/c1-4-17-9-12-10-20-15(18-12)19(3)11(2)13-7-5-6-8-14(13)16/h5-8,10-11,17H,4,9H2,1-3H3. The molecule has 0 fully saturated rings. The number of nitrogens with zero attached hydrogens (tertiary/aromatic N) is 2. The quantitative estimate of drug-likeness (QED) is 0.870. The zero-order valence-corrected chi connectivity index (χ0v) is 13.6. The number of nitrogens with one attached hydrogen (secondary N) is 1. The number of hydrogen-bond donors (Lipinski definition) is 1. The van der Waals surface area contributed by atoms with Crippen molar-refractivity contribution >= 4 is 28.1 Å². The number of halogens is 1. The SMILES string of the molecule is CCNCc1csc(N(C)C(C)c2ccccc2Cl)n1. The third-order valence-corrected chi connectivity index (χ3v) is 4.66. The molecular formula is C15H20ClN3S. The fourth-order valence-corrected chi connectivity index (χ4v) is 3.15. The smallest absolute Gasteiger partial charge is 0.185 e. The third-order valence-electron chi connectivity index (χ3n) is 3.33. The Labute approximate surface area is 129 Å². The molecule has 0 amide bonds. The number of aromatic nitrogens is 1. The lowest BCUT2D eigenvalue weighted by atomic mass is 10.1. The van der Waals surface area contributed by atoms with Crippen molar-refractivity contribution in [3.8, 4) is 0 Å². The lowest BCUT2D eigenvalue weighted by Gasteiger charge is -2.25. The molecule has 0 bridgehead atoms. The Bertz CT molecular complexity index is 556. The Kier molecular flexibility index (Phi) is 5.40. The van der Waals surface area contributed by atoms with Crippen LogP contribution < -0.4 is 10.2 Å². The van der Waals surface area contributed by atoms with Crippen molar-refractivity contribution in [1.82, 2.24) is 10.3 Å². The minimum atomic E-state index is 0.196. The molecule has 0 spiro atoms. The van der Waals surface area contributed by atoms with Crippen LogP contribution in [-0.2, 0) is 6.54 Å². The largest absolute Gasteiger partial charge is 0.344 e. The molecule has 3 nitrogen and oxygen atoms in total. The maximum atomic E-state index is 6.27. The first-order chi connectivity index (χ1) is 9.63. The van der Waals surface area contributed by atoms with Gasteiger partial charge in [-0.3, -0.25) is 0 Å². The van der Waals surface area contributed by atoms with Gasteiger partial charge in [-0.05, 0) is 25.1 Å². The van der Waals surface area contributed by atoms with Gasteiger partial charge in [-0.2, -0.15) is 0 Å². The van der Waals surface area contributed by atoms with Gasteiger partial charge >= 0.3 is 0 Å². The van der Waals surface area contributed by atoms with Crippen LogP contribution in [0.5, 0.6) is 0 Å². The summed E-state index contributed by atoms with van der Waals surface area (Å²) in [5.41, 5.74) is 2.21. The van der Waals surface area contributed by atoms with E-state index >= 15 is 0 Å². The van der Waals surface area contributed by atoms with Crippen LogP contribution in [0.25, 0.3) is 0 Å². The Balaban J connectivity index is 2.12. The highest BCUT2D eigenvalue weighted by molar-refractivity contribution is 7.13. The van der Waals surface area contributed by atoms with Crippen LogP contribution in [-0.4, -0.2) is 18.6 Å². The average Bonchev–Trinajstić information content (AvgIpc) is 2.93. The van der Waals surface area contributed by atoms with Crippen molar-refractivity contribution < 1.29 is 0 Å². The molecule has 1 heterocycles. The van der Waals surface area contributed by atoms with E-state index in [0.29, 0.717) is 0 Å². The first kappa shape index (κ1) is 15.3. The van der Waals surface area contributed by atoms with E-state index < -0.39 is 0 Å². The summed E-state index contributed by atoms with van der Waals surface area (Å²) >= 11 is 7.94. The Morgan fingerprint density at radius 1 is 1.40 bits per heavy atom. The normalized spacial score (nSPS) is 12.4. The predicted molar refractivity (Wildman–Crippen MR) is 87.8 cm³/mol. The van der Waals surface area contributed by atoms with Gasteiger partial charge in [0.05, 0.1) is 11.7 Å². The Morgan fingerprint density at radius 3 is 2.85 bits per heavy atom. The highest BCUT2D eigenvalue weighted by Gasteiger charge is 2.17. The van der Waals surface area contributed by atoms with E-state index in [-0.39, 0.29) is 6.04 Å². The number of rotatable bonds is 6. The van der Waals surface area contributed by atoms with Gasteiger partial charge in [0.1, 0.15) is 0 Å². The number of benzene rings is 1. The zero-order valence-electron chi connectivity index (χ0n) is 12.1. The van der Waals surface area contributed by atoms with E-state index in [1.807, 2.05) is 18.2 Å². The van der Waals surface area contributed by atoms with Crippen LogP contribution in [0.1, 0.15) is 31.1 Å². The van der Waals surface area contributed by atoms with E-state index in [9.17, 15) is 0 Å². The molecule has 5 heteroatoms. The van der Waals surface area contributed by atoms with Gasteiger partial charge in [0.25, 0.3) is 0 Å². The number of hydrogen-bond acceptors (Lipinski definition) is 4. The second kappa shape index (κ2) is 7.07. The van der Waals surface area contributed by atoms with Crippen LogP contribution in [0.3, 0.4) is 0 Å². The fraction of sp³-hybridized carbons (Fsp3) is 0.400. The molecule has 1 unspecified atom stereocenters. The topological polar surface area (TPSA) is 28.2 Å². The van der Waals surface area contributed by atoms with E-state index in [0.717, 1.165) is 34.5 Å². The molecule has 0 saturated carbocycles. The van der Waals surface area contributed by atoms with Crippen LogP contribution in [0.15, 0.2) is 29.6 Å². The summed E-state index contributed by atoms with van der Waals surface area (Å²) in [6.45, 7) is 6.02. The summed E-state index contributed by atoms with van der Waals surface area (Å²) < 4.78 is 0. The van der Waals surface area contributed by atoms with E-state index in [2.05, 4.69) is 47.5 Å². The van der Waals surface area contributed by atoms with Crippen molar-refractivity contribution in [3.05, 3.63) is 45.9 Å². The number of thiazole rings is 1. The summed E-state index contributed by atoms with van der Waals surface area (Å²) in [5, 5.41) is 7.22. The van der Waals surface area contributed by atoms with Gasteiger partial charge < -0.3 is 10.2 Å². The van der Waals surface area contributed by atoms with Gasteiger partial charge in [-0.1, -0.05) is 36.7 Å². The highest BCUT2D eigenvalue weighted by atomic mass is 35.5. The van der Waals surface area contributed by atoms with Gasteiger partial charge in [-0.25, -0.2) is 4.98 Å². The van der Waals surface area contributed by atoms with Crippen LogP contribution in [0.4, 0.5) is 5.13 Å². The predicted octanol–water partition coefficient (Wildman–Crippen LogP) is 4.10. The maximum Gasteiger partial charge on any atom is 0.185 e. The minimum absolute atomic E-state index is 0.196. The minimum Gasteiger partial charge on any atom is -0.344 e. The molecule has 108 valence electrons. The molecule has 20 heavy (non-hydrogen) atoms. The molecule has 0 radical (unpaired) electrons. The van der Waals surface area contributed by atoms with Crippen molar-refractivity contribution in [2.45, 2.75) is 26.4 Å². The molecule has 0 aliphatic heterocycles. The van der Waals surface area contributed by atoms with Gasteiger partial charge in [0, 0.05) is 24.0 Å².